The first-order valence-electron chi connectivity index (χ1n) is 12.1. The van der Waals surface area contributed by atoms with Crippen LogP contribution in [0.3, 0.4) is 0 Å². The predicted octanol–water partition coefficient (Wildman–Crippen LogP) is 6.85. The minimum absolute atomic E-state index is 0.204. The lowest BCUT2D eigenvalue weighted by atomic mass is 10.0. The number of hydrogen-bond donors (Lipinski definition) is 2. The van der Waals surface area contributed by atoms with E-state index in [0.717, 1.165) is 59.7 Å². The first kappa shape index (κ1) is 25.6. The summed E-state index contributed by atoms with van der Waals surface area (Å²) >= 11 is 12.4. The van der Waals surface area contributed by atoms with Gasteiger partial charge in [0.05, 0.1) is 26.3 Å². The zero-order chi connectivity index (χ0) is 26.0. The maximum Gasteiger partial charge on any atom is 0.261 e. The van der Waals surface area contributed by atoms with Crippen molar-refractivity contribution in [2.75, 3.05) is 35.8 Å². The molecule has 0 bridgehead atoms. The molecule has 1 heterocycles. The zero-order valence-corrected chi connectivity index (χ0v) is 22.7. The maximum absolute atomic E-state index is 13.5. The highest BCUT2D eigenvalue weighted by Gasteiger charge is 2.21. The van der Waals surface area contributed by atoms with Crippen LogP contribution >= 0.6 is 23.2 Å². The van der Waals surface area contributed by atoms with E-state index in [1.54, 1.807) is 24.3 Å². The predicted molar refractivity (Wildman–Crippen MR) is 154 cm³/mol. The van der Waals surface area contributed by atoms with E-state index in [1.807, 2.05) is 61.5 Å². The Kier molecular flexibility index (Phi) is 7.45. The molecule has 0 unspecified atom stereocenters. The van der Waals surface area contributed by atoms with Crippen molar-refractivity contribution in [2.45, 2.75) is 11.8 Å². The molecular weight excluding hydrogens is 525 g/mol. The van der Waals surface area contributed by atoms with Gasteiger partial charge in [-0.15, -0.1) is 0 Å². The highest BCUT2D eigenvalue weighted by molar-refractivity contribution is 7.92. The first-order chi connectivity index (χ1) is 17.8. The molecule has 0 aliphatic carbocycles. The Balaban J connectivity index is 1.49. The van der Waals surface area contributed by atoms with E-state index in [2.05, 4.69) is 21.0 Å². The number of rotatable bonds is 6. The highest BCUT2D eigenvalue weighted by atomic mass is 35.5. The Labute approximate surface area is 228 Å². The molecule has 1 aliphatic rings. The van der Waals surface area contributed by atoms with Gasteiger partial charge in [-0.3, -0.25) is 4.72 Å². The van der Waals surface area contributed by atoms with Crippen LogP contribution in [0.5, 0.6) is 0 Å². The third-order valence-electron chi connectivity index (χ3n) is 6.47. The molecule has 0 amide bonds. The van der Waals surface area contributed by atoms with Gasteiger partial charge in [-0.25, -0.2) is 8.42 Å². The fraction of sp³-hybridized carbons (Fsp3) is 0.172. The lowest BCUT2D eigenvalue weighted by Gasteiger charge is -2.31. The smallest absolute Gasteiger partial charge is 0.261 e. The largest absolute Gasteiger partial charge is 0.367 e. The van der Waals surface area contributed by atoms with Crippen LogP contribution in [0.25, 0.3) is 22.3 Å². The van der Waals surface area contributed by atoms with Crippen molar-refractivity contribution in [1.82, 2.24) is 5.32 Å². The topological polar surface area (TPSA) is 61.4 Å². The third-order valence-corrected chi connectivity index (χ3v) is 8.59. The molecule has 190 valence electrons. The van der Waals surface area contributed by atoms with Gasteiger partial charge in [-0.2, -0.15) is 0 Å². The molecule has 1 fully saturated rings. The normalized spacial score (nSPS) is 14.0. The summed E-state index contributed by atoms with van der Waals surface area (Å²) < 4.78 is 29.9. The van der Waals surface area contributed by atoms with E-state index in [0.29, 0.717) is 15.7 Å². The second kappa shape index (κ2) is 10.8. The monoisotopic (exact) mass is 551 g/mol. The number of hydrogen-bond acceptors (Lipinski definition) is 4. The number of aryl methyl sites for hydroxylation is 1. The Morgan fingerprint density at radius 2 is 1.41 bits per heavy atom. The fourth-order valence-electron chi connectivity index (χ4n) is 4.51. The quantitative estimate of drug-likeness (QED) is 0.275. The minimum atomic E-state index is -3.83. The Bertz CT molecular complexity index is 1530. The van der Waals surface area contributed by atoms with Crippen molar-refractivity contribution in [3.63, 3.8) is 0 Å². The van der Waals surface area contributed by atoms with Gasteiger partial charge in [0.1, 0.15) is 0 Å². The van der Waals surface area contributed by atoms with E-state index in [1.165, 1.54) is 0 Å². The third kappa shape index (κ3) is 5.78. The summed E-state index contributed by atoms with van der Waals surface area (Å²) in [4.78, 5) is 2.39. The molecule has 0 saturated carbocycles. The first-order valence-corrected chi connectivity index (χ1v) is 14.3. The Morgan fingerprint density at radius 1 is 0.757 bits per heavy atom. The lowest BCUT2D eigenvalue weighted by Crippen LogP contribution is -2.43. The van der Waals surface area contributed by atoms with Gasteiger partial charge in [0.15, 0.2) is 0 Å². The van der Waals surface area contributed by atoms with Crippen molar-refractivity contribution in [3.8, 4) is 22.3 Å². The maximum atomic E-state index is 13.5. The average molecular weight is 553 g/mol. The van der Waals surface area contributed by atoms with E-state index < -0.39 is 10.0 Å². The minimum Gasteiger partial charge on any atom is -0.367 e. The van der Waals surface area contributed by atoms with Gasteiger partial charge >= 0.3 is 0 Å². The van der Waals surface area contributed by atoms with Crippen LogP contribution in [0.1, 0.15) is 5.56 Å². The Hall–Kier alpha value is -3.03. The van der Waals surface area contributed by atoms with Crippen LogP contribution in [0.4, 0.5) is 11.4 Å². The van der Waals surface area contributed by atoms with Gasteiger partial charge in [-0.1, -0.05) is 77.3 Å². The summed E-state index contributed by atoms with van der Waals surface area (Å²) in [6.07, 6.45) is 0. The summed E-state index contributed by atoms with van der Waals surface area (Å²) in [6.45, 7) is 5.27. The van der Waals surface area contributed by atoms with Crippen molar-refractivity contribution in [3.05, 3.63) is 101 Å². The molecule has 0 aromatic heterocycles. The van der Waals surface area contributed by atoms with Crippen molar-refractivity contribution in [1.29, 1.82) is 0 Å². The van der Waals surface area contributed by atoms with Crippen LogP contribution in [-0.4, -0.2) is 34.6 Å². The molecule has 5 rings (SSSR count). The summed E-state index contributed by atoms with van der Waals surface area (Å²) in [5.41, 5.74) is 6.21. The molecule has 2 N–H and O–H groups in total. The molecule has 4 aromatic carbocycles. The molecule has 8 heteroatoms. The molecule has 5 nitrogen and oxygen atoms in total. The second-order valence-corrected chi connectivity index (χ2v) is 11.6. The number of piperazine rings is 1. The number of nitrogens with one attached hydrogen (secondary N) is 2. The lowest BCUT2D eigenvalue weighted by molar-refractivity contribution is 0.589. The van der Waals surface area contributed by atoms with Crippen LogP contribution in [-0.2, 0) is 10.0 Å². The summed E-state index contributed by atoms with van der Waals surface area (Å²) in [5, 5.41) is 4.26. The number of nitrogens with zero attached hydrogens (tertiary/aromatic N) is 1. The standard InChI is InChI=1S/C29H27Cl2N3O2S/c1-20-3-2-4-22(17-20)21-5-9-25(10-6-21)37(35,36)33-28-19-24(23-7-11-26(30)27(31)18-23)8-12-29(28)34-15-13-32-14-16-34/h2-12,17-19,32-33H,13-16H2,1H3. The van der Waals surface area contributed by atoms with Crippen molar-refractivity contribution in [2.24, 2.45) is 0 Å². The second-order valence-electron chi connectivity index (χ2n) is 9.10. The van der Waals surface area contributed by atoms with Crippen LogP contribution in [0, 0.1) is 6.92 Å². The molecule has 4 aromatic rings. The van der Waals surface area contributed by atoms with E-state index in [4.69, 9.17) is 23.2 Å². The van der Waals surface area contributed by atoms with E-state index in [9.17, 15) is 8.42 Å². The number of anilines is 2. The molecule has 0 radical (unpaired) electrons. The number of benzene rings is 4. The average Bonchev–Trinajstić information content (AvgIpc) is 2.90. The molecule has 0 atom stereocenters. The number of halogens is 2. The van der Waals surface area contributed by atoms with Crippen LogP contribution in [0.2, 0.25) is 10.0 Å². The van der Waals surface area contributed by atoms with E-state index >= 15 is 0 Å². The molecule has 0 spiro atoms. The fourth-order valence-corrected chi connectivity index (χ4v) is 5.87. The molecule has 1 saturated heterocycles. The van der Waals surface area contributed by atoms with Crippen molar-refractivity contribution < 1.29 is 8.42 Å². The van der Waals surface area contributed by atoms with E-state index in [-0.39, 0.29) is 4.90 Å². The summed E-state index contributed by atoms with van der Waals surface area (Å²) in [7, 11) is -3.83. The number of sulfonamides is 1. The SMILES string of the molecule is Cc1cccc(-c2ccc(S(=O)(=O)Nc3cc(-c4ccc(Cl)c(Cl)c4)ccc3N3CCNCC3)cc2)c1. The Morgan fingerprint density at radius 3 is 2.11 bits per heavy atom. The van der Waals surface area contributed by atoms with Crippen LogP contribution in [0.15, 0.2) is 89.8 Å². The summed E-state index contributed by atoms with van der Waals surface area (Å²) in [5.74, 6) is 0. The van der Waals surface area contributed by atoms with Gasteiger partial charge < -0.3 is 10.2 Å². The van der Waals surface area contributed by atoms with Gasteiger partial charge in [0.2, 0.25) is 0 Å². The van der Waals surface area contributed by atoms with Gasteiger partial charge in [0, 0.05) is 26.2 Å². The van der Waals surface area contributed by atoms with Crippen molar-refractivity contribution >= 4 is 44.6 Å². The molecular formula is C29H27Cl2N3O2S. The highest BCUT2D eigenvalue weighted by Crippen LogP contribution is 2.35. The molecule has 1 aliphatic heterocycles. The summed E-state index contributed by atoms with van der Waals surface area (Å²) in [6, 6.07) is 26.3. The van der Waals surface area contributed by atoms with Crippen LogP contribution < -0.4 is 14.9 Å². The zero-order valence-electron chi connectivity index (χ0n) is 20.3. The molecule has 37 heavy (non-hydrogen) atoms. The van der Waals surface area contributed by atoms with Gasteiger partial charge in [0.25, 0.3) is 10.0 Å². The van der Waals surface area contributed by atoms with Gasteiger partial charge in [-0.05, 0) is 65.6 Å².